The third-order valence-electron chi connectivity index (χ3n) is 3.60. The van der Waals surface area contributed by atoms with E-state index in [1.165, 1.54) is 0 Å². The van der Waals surface area contributed by atoms with Crippen LogP contribution in [0.3, 0.4) is 0 Å². The number of alkyl halides is 3. The number of carbonyl (C=O) groups excluding carboxylic acids is 2. The minimum absolute atomic E-state index is 0.325. The van der Waals surface area contributed by atoms with Crippen molar-refractivity contribution in [2.24, 2.45) is 0 Å². The fourth-order valence-electron chi connectivity index (χ4n) is 2.58. The van der Waals surface area contributed by atoms with E-state index < -0.39 is 25.2 Å². The second-order valence-electron chi connectivity index (χ2n) is 5.25. The first-order chi connectivity index (χ1) is 10.4. The van der Waals surface area contributed by atoms with Crippen LogP contribution in [0.5, 0.6) is 0 Å². The van der Waals surface area contributed by atoms with Crippen LogP contribution in [0.15, 0.2) is 24.3 Å². The predicted molar refractivity (Wildman–Crippen MR) is 74.2 cm³/mol. The van der Waals surface area contributed by atoms with Crippen LogP contribution in [0.25, 0.3) is 0 Å². The molecule has 1 unspecified atom stereocenters. The Morgan fingerprint density at radius 1 is 1.18 bits per heavy atom. The molecule has 2 amide bonds. The quantitative estimate of drug-likeness (QED) is 0.892. The Labute approximate surface area is 126 Å². The molecule has 2 N–H and O–H groups in total. The normalized spacial score (nSPS) is 17.5. The average Bonchev–Trinajstić information content (AvgIpc) is 2.49. The van der Waals surface area contributed by atoms with E-state index in [0.717, 1.165) is 24.0 Å². The molecule has 0 spiro atoms. The molecule has 2 rings (SSSR count). The van der Waals surface area contributed by atoms with Crippen molar-refractivity contribution in [1.82, 2.24) is 10.6 Å². The van der Waals surface area contributed by atoms with Crippen molar-refractivity contribution in [2.45, 2.75) is 31.4 Å². The van der Waals surface area contributed by atoms with Gasteiger partial charge in [0.25, 0.3) is 0 Å². The summed E-state index contributed by atoms with van der Waals surface area (Å²) in [5.74, 6) is -1.52. The number of benzene rings is 1. The van der Waals surface area contributed by atoms with E-state index >= 15 is 0 Å². The Bertz CT molecular complexity index is 558. The monoisotopic (exact) mass is 314 g/mol. The Kier molecular flexibility index (Phi) is 5.05. The molecule has 0 saturated heterocycles. The first-order valence-electron chi connectivity index (χ1n) is 7.06. The number of rotatable bonds is 4. The first-order valence-corrected chi connectivity index (χ1v) is 7.06. The highest BCUT2D eigenvalue weighted by Crippen LogP contribution is 2.31. The maximum Gasteiger partial charge on any atom is 0.405 e. The molecule has 1 aliphatic carbocycles. The maximum atomic E-state index is 12.2. The van der Waals surface area contributed by atoms with E-state index in [0.29, 0.717) is 6.42 Å². The van der Waals surface area contributed by atoms with Crippen molar-refractivity contribution in [3.05, 3.63) is 35.4 Å². The van der Waals surface area contributed by atoms with Crippen LogP contribution in [0.1, 0.15) is 29.9 Å². The van der Waals surface area contributed by atoms with Gasteiger partial charge in [0.15, 0.2) is 0 Å². The van der Waals surface area contributed by atoms with Gasteiger partial charge in [-0.25, -0.2) is 0 Å². The van der Waals surface area contributed by atoms with Crippen molar-refractivity contribution in [3.63, 3.8) is 0 Å². The van der Waals surface area contributed by atoms with Crippen LogP contribution in [0.2, 0.25) is 0 Å². The third kappa shape index (κ3) is 4.47. The van der Waals surface area contributed by atoms with Crippen LogP contribution in [-0.2, 0) is 16.0 Å². The summed E-state index contributed by atoms with van der Waals surface area (Å²) in [6.07, 6.45) is -2.00. The van der Waals surface area contributed by atoms with Gasteiger partial charge in [-0.15, -0.1) is 0 Å². The number of carbonyl (C=O) groups is 2. The lowest BCUT2D eigenvalue weighted by atomic mass is 9.82. The van der Waals surface area contributed by atoms with E-state index in [-0.39, 0.29) is 11.8 Å². The summed E-state index contributed by atoms with van der Waals surface area (Å²) in [5, 5.41) is 4.13. The highest BCUT2D eigenvalue weighted by Gasteiger charge is 2.29. The first kappa shape index (κ1) is 16.3. The van der Waals surface area contributed by atoms with Gasteiger partial charge >= 0.3 is 6.18 Å². The van der Waals surface area contributed by atoms with Crippen LogP contribution in [0.4, 0.5) is 13.2 Å². The number of hydrogen-bond donors (Lipinski definition) is 2. The number of aryl methyl sites for hydroxylation is 1. The molecule has 120 valence electrons. The van der Waals surface area contributed by atoms with Crippen molar-refractivity contribution in [1.29, 1.82) is 0 Å². The molecule has 1 atom stereocenters. The number of amides is 2. The van der Waals surface area contributed by atoms with Gasteiger partial charge in [0.1, 0.15) is 6.54 Å². The van der Waals surface area contributed by atoms with Crippen molar-refractivity contribution in [2.75, 3.05) is 13.1 Å². The highest BCUT2D eigenvalue weighted by molar-refractivity contribution is 5.88. The van der Waals surface area contributed by atoms with Crippen LogP contribution in [-0.4, -0.2) is 31.1 Å². The molecular weight excluding hydrogens is 297 g/mol. The third-order valence-corrected chi connectivity index (χ3v) is 3.60. The van der Waals surface area contributed by atoms with Gasteiger partial charge in [0, 0.05) is 0 Å². The summed E-state index contributed by atoms with van der Waals surface area (Å²) in [6.45, 7) is -1.85. The van der Waals surface area contributed by atoms with Gasteiger partial charge in [-0.3, -0.25) is 9.59 Å². The average molecular weight is 314 g/mol. The Balaban J connectivity index is 1.87. The molecule has 0 fully saturated rings. The Hall–Kier alpha value is -2.05. The summed E-state index contributed by atoms with van der Waals surface area (Å²) in [6, 6.07) is 7.59. The molecule has 0 aliphatic heterocycles. The second-order valence-corrected chi connectivity index (χ2v) is 5.25. The van der Waals surface area contributed by atoms with Crippen LogP contribution < -0.4 is 10.6 Å². The lowest BCUT2D eigenvalue weighted by molar-refractivity contribution is -0.138. The minimum atomic E-state index is -4.46. The number of nitrogens with one attached hydrogen (secondary N) is 2. The SMILES string of the molecule is O=C(CNC(=O)C1CCCc2ccccc21)NCC(F)(F)F. The molecular formula is C15H17F3N2O2. The molecule has 0 saturated carbocycles. The summed E-state index contributed by atoms with van der Waals surface area (Å²) >= 11 is 0. The summed E-state index contributed by atoms with van der Waals surface area (Å²) in [4.78, 5) is 23.4. The lowest BCUT2D eigenvalue weighted by Gasteiger charge is -2.24. The van der Waals surface area contributed by atoms with E-state index in [4.69, 9.17) is 0 Å². The van der Waals surface area contributed by atoms with Crippen molar-refractivity contribution in [3.8, 4) is 0 Å². The van der Waals surface area contributed by atoms with Crippen LogP contribution in [0, 0.1) is 0 Å². The van der Waals surface area contributed by atoms with E-state index in [2.05, 4.69) is 5.32 Å². The molecule has 4 nitrogen and oxygen atoms in total. The fraction of sp³-hybridized carbons (Fsp3) is 0.467. The number of halogens is 3. The number of fused-ring (bicyclic) bond motifs is 1. The molecule has 1 aromatic carbocycles. The standard InChI is InChI=1S/C15H17F3N2O2/c16-15(17,18)9-20-13(21)8-19-14(22)12-7-3-5-10-4-1-2-6-11(10)12/h1-2,4,6,12H,3,5,7-9H2,(H,19,22)(H,20,21). The summed E-state index contributed by atoms with van der Waals surface area (Å²) in [5.41, 5.74) is 2.04. The highest BCUT2D eigenvalue weighted by atomic mass is 19.4. The molecule has 0 bridgehead atoms. The van der Waals surface area contributed by atoms with Gasteiger partial charge in [0.05, 0.1) is 12.5 Å². The number of hydrogen-bond acceptors (Lipinski definition) is 2. The Morgan fingerprint density at radius 2 is 1.91 bits per heavy atom. The zero-order valence-corrected chi connectivity index (χ0v) is 11.9. The molecule has 0 aromatic heterocycles. The molecule has 22 heavy (non-hydrogen) atoms. The zero-order valence-electron chi connectivity index (χ0n) is 11.9. The van der Waals surface area contributed by atoms with Gasteiger partial charge in [-0.2, -0.15) is 13.2 Å². The molecule has 0 radical (unpaired) electrons. The Morgan fingerprint density at radius 3 is 2.64 bits per heavy atom. The van der Waals surface area contributed by atoms with E-state index in [9.17, 15) is 22.8 Å². The van der Waals surface area contributed by atoms with E-state index in [1.807, 2.05) is 24.3 Å². The minimum Gasteiger partial charge on any atom is -0.347 e. The topological polar surface area (TPSA) is 58.2 Å². The summed E-state index contributed by atoms with van der Waals surface area (Å²) < 4.78 is 35.9. The molecule has 1 aliphatic rings. The van der Waals surface area contributed by atoms with Crippen LogP contribution >= 0.6 is 0 Å². The predicted octanol–water partition coefficient (Wildman–Crippen LogP) is 1.90. The molecule has 7 heteroatoms. The second kappa shape index (κ2) is 6.81. The smallest absolute Gasteiger partial charge is 0.347 e. The van der Waals surface area contributed by atoms with Gasteiger partial charge in [-0.05, 0) is 30.4 Å². The van der Waals surface area contributed by atoms with Crippen molar-refractivity contribution < 1.29 is 22.8 Å². The van der Waals surface area contributed by atoms with Gasteiger partial charge < -0.3 is 10.6 Å². The largest absolute Gasteiger partial charge is 0.405 e. The van der Waals surface area contributed by atoms with Gasteiger partial charge in [-0.1, -0.05) is 24.3 Å². The fourth-order valence-corrected chi connectivity index (χ4v) is 2.58. The maximum absolute atomic E-state index is 12.2. The molecule has 0 heterocycles. The van der Waals surface area contributed by atoms with Crippen molar-refractivity contribution >= 4 is 11.8 Å². The summed E-state index contributed by atoms with van der Waals surface area (Å²) in [7, 11) is 0. The zero-order chi connectivity index (χ0) is 16.2. The molecule has 1 aromatic rings. The van der Waals surface area contributed by atoms with Gasteiger partial charge in [0.2, 0.25) is 11.8 Å². The van der Waals surface area contributed by atoms with E-state index in [1.54, 1.807) is 5.32 Å². The lowest BCUT2D eigenvalue weighted by Crippen LogP contribution is -2.42.